The van der Waals surface area contributed by atoms with Crippen LogP contribution in [0.4, 0.5) is 4.79 Å². The number of hydrogen-bond acceptors (Lipinski definition) is 6. The molecule has 3 rings (SSSR count). The van der Waals surface area contributed by atoms with Gasteiger partial charge >= 0.3 is 12.1 Å². The Morgan fingerprint density at radius 3 is 2.56 bits per heavy atom. The van der Waals surface area contributed by atoms with Crippen molar-refractivity contribution < 1.29 is 24.2 Å². The molecule has 1 aromatic carbocycles. The molecule has 2 heterocycles. The van der Waals surface area contributed by atoms with E-state index in [9.17, 15) is 9.59 Å². The summed E-state index contributed by atoms with van der Waals surface area (Å²) in [4.78, 5) is 25.6. The Kier molecular flexibility index (Phi) is 7.67. The molecule has 2 aromatic rings. The first-order chi connectivity index (χ1) is 15.9. The molecule has 0 spiro atoms. The van der Waals surface area contributed by atoms with Crippen molar-refractivity contribution >= 4 is 12.1 Å². The van der Waals surface area contributed by atoms with Crippen molar-refractivity contribution in [3.05, 3.63) is 46.3 Å². The fourth-order valence-corrected chi connectivity index (χ4v) is 4.28. The summed E-state index contributed by atoms with van der Waals surface area (Å²) in [5, 5.41) is 13.8. The van der Waals surface area contributed by atoms with Crippen LogP contribution in [0.25, 0.3) is 5.69 Å². The molecule has 9 nitrogen and oxygen atoms in total. The van der Waals surface area contributed by atoms with Gasteiger partial charge in [-0.3, -0.25) is 4.90 Å². The summed E-state index contributed by atoms with van der Waals surface area (Å²) in [6.07, 6.45) is 0.124. The minimum Gasteiger partial charge on any atom is -0.480 e. The maximum atomic E-state index is 13.0. The predicted molar refractivity (Wildman–Crippen MR) is 128 cm³/mol. The number of amides is 1. The molecule has 0 radical (unpaired) electrons. The summed E-state index contributed by atoms with van der Waals surface area (Å²) in [7, 11) is 0. The molecule has 3 N–H and O–H groups in total. The smallest absolute Gasteiger partial charge is 0.410 e. The number of ether oxygens (including phenoxy) is 2. The van der Waals surface area contributed by atoms with Gasteiger partial charge in [-0.05, 0) is 50.8 Å². The number of carbonyl (C=O) groups is 2. The molecule has 1 aromatic heterocycles. The van der Waals surface area contributed by atoms with E-state index in [0.717, 1.165) is 22.5 Å². The number of aryl methyl sites for hydroxylation is 1. The molecular formula is C25H36N4O5. The number of aromatic nitrogens is 2. The van der Waals surface area contributed by atoms with Gasteiger partial charge in [0.1, 0.15) is 12.2 Å². The number of carbonyl (C=O) groups excluding carboxylic acids is 1. The second-order valence-corrected chi connectivity index (χ2v) is 9.98. The zero-order chi connectivity index (χ0) is 25.2. The van der Waals surface area contributed by atoms with E-state index in [4.69, 9.17) is 25.4 Å². The van der Waals surface area contributed by atoms with Gasteiger partial charge in [-0.25, -0.2) is 14.3 Å². The van der Waals surface area contributed by atoms with E-state index in [2.05, 4.69) is 32.0 Å². The van der Waals surface area contributed by atoms with Gasteiger partial charge in [-0.1, -0.05) is 26.0 Å². The normalized spacial score (nSPS) is 16.0. The van der Waals surface area contributed by atoms with Gasteiger partial charge in [0.2, 0.25) is 0 Å². The van der Waals surface area contributed by atoms with E-state index in [1.807, 2.05) is 32.4 Å². The Morgan fingerprint density at radius 2 is 2.00 bits per heavy atom. The quantitative estimate of drug-likeness (QED) is 0.630. The molecule has 34 heavy (non-hydrogen) atoms. The summed E-state index contributed by atoms with van der Waals surface area (Å²) in [6, 6.07) is 5.85. The second-order valence-electron chi connectivity index (χ2n) is 9.98. The van der Waals surface area contributed by atoms with Crippen molar-refractivity contribution in [3.63, 3.8) is 0 Å². The Bertz CT molecular complexity index is 1050. The van der Waals surface area contributed by atoms with Crippen LogP contribution in [-0.4, -0.2) is 57.1 Å². The molecule has 186 valence electrons. The summed E-state index contributed by atoms with van der Waals surface area (Å²) in [5.74, 6) is -0.651. The number of aliphatic carboxylic acids is 1. The first kappa shape index (κ1) is 25.7. The van der Waals surface area contributed by atoms with Crippen LogP contribution in [0.15, 0.2) is 18.2 Å². The number of hydrogen-bond donors (Lipinski definition) is 2. The van der Waals surface area contributed by atoms with Gasteiger partial charge in [0.15, 0.2) is 0 Å². The van der Waals surface area contributed by atoms with E-state index in [-0.39, 0.29) is 13.2 Å². The van der Waals surface area contributed by atoms with Crippen molar-refractivity contribution in [1.82, 2.24) is 14.7 Å². The first-order valence-electron chi connectivity index (χ1n) is 11.6. The Labute approximate surface area is 200 Å². The Balaban J connectivity index is 2.07. The van der Waals surface area contributed by atoms with Crippen molar-refractivity contribution in [2.75, 3.05) is 19.7 Å². The molecule has 1 unspecified atom stereocenters. The molecule has 0 bridgehead atoms. The van der Waals surface area contributed by atoms with Crippen LogP contribution in [0.1, 0.15) is 74.7 Å². The van der Waals surface area contributed by atoms with Crippen LogP contribution in [0, 0.1) is 6.92 Å². The minimum absolute atomic E-state index is 0.00339. The number of carboxylic acid groups (broad SMARTS) is 1. The lowest BCUT2D eigenvalue weighted by molar-refractivity contribution is -0.142. The number of fused-ring (bicyclic) bond motifs is 1. The lowest BCUT2D eigenvalue weighted by Crippen LogP contribution is -2.45. The zero-order valence-electron chi connectivity index (χ0n) is 20.9. The van der Waals surface area contributed by atoms with Crippen LogP contribution >= 0.6 is 0 Å². The maximum absolute atomic E-state index is 13.0. The third-order valence-electron chi connectivity index (χ3n) is 5.83. The molecule has 0 fully saturated rings. The van der Waals surface area contributed by atoms with E-state index in [0.29, 0.717) is 24.6 Å². The largest absolute Gasteiger partial charge is 0.480 e. The standard InChI is InChI=1S/C25H36N4O5/c1-15(2)17-7-8-19(16(3)11-17)29-20-9-10-28(24(32)34-25(4,5)6)21(12-26)23(20)18(27-29)13-33-14-22(30)31/h7-8,11,15,21H,9-10,12-14,26H2,1-6H3,(H,30,31). The van der Waals surface area contributed by atoms with Crippen LogP contribution in [0.3, 0.4) is 0 Å². The predicted octanol–water partition coefficient (Wildman–Crippen LogP) is 3.70. The molecule has 1 atom stereocenters. The molecule has 0 saturated heterocycles. The summed E-state index contributed by atoms with van der Waals surface area (Å²) < 4.78 is 12.9. The number of benzene rings is 1. The van der Waals surface area contributed by atoms with Gasteiger partial charge in [-0.15, -0.1) is 0 Å². The topological polar surface area (TPSA) is 120 Å². The van der Waals surface area contributed by atoms with Gasteiger partial charge in [0, 0.05) is 25.1 Å². The van der Waals surface area contributed by atoms with E-state index in [1.54, 1.807) is 4.90 Å². The van der Waals surface area contributed by atoms with Gasteiger partial charge in [-0.2, -0.15) is 5.10 Å². The highest BCUT2D eigenvalue weighted by Crippen LogP contribution is 2.35. The monoisotopic (exact) mass is 472 g/mol. The van der Waals surface area contributed by atoms with Crippen LogP contribution < -0.4 is 5.73 Å². The number of nitrogens with two attached hydrogens (primary N) is 1. The van der Waals surface area contributed by atoms with E-state index < -0.39 is 30.3 Å². The Morgan fingerprint density at radius 1 is 1.29 bits per heavy atom. The summed E-state index contributed by atoms with van der Waals surface area (Å²) >= 11 is 0. The highest BCUT2D eigenvalue weighted by Gasteiger charge is 2.37. The van der Waals surface area contributed by atoms with Gasteiger partial charge in [0.25, 0.3) is 0 Å². The average molecular weight is 473 g/mol. The lowest BCUT2D eigenvalue weighted by Gasteiger charge is -2.36. The van der Waals surface area contributed by atoms with Crippen LogP contribution in [0.5, 0.6) is 0 Å². The molecule has 1 amide bonds. The first-order valence-corrected chi connectivity index (χ1v) is 11.6. The number of rotatable bonds is 7. The zero-order valence-corrected chi connectivity index (χ0v) is 20.9. The molecule has 0 saturated carbocycles. The van der Waals surface area contributed by atoms with Gasteiger partial charge in [0.05, 0.1) is 29.7 Å². The van der Waals surface area contributed by atoms with Gasteiger partial charge < -0.3 is 20.3 Å². The third-order valence-corrected chi connectivity index (χ3v) is 5.83. The third kappa shape index (κ3) is 5.59. The highest BCUT2D eigenvalue weighted by atomic mass is 16.6. The average Bonchev–Trinajstić information content (AvgIpc) is 3.10. The summed E-state index contributed by atoms with van der Waals surface area (Å²) in [6.45, 7) is 12.0. The van der Waals surface area contributed by atoms with Crippen LogP contribution in [0.2, 0.25) is 0 Å². The minimum atomic E-state index is -1.06. The number of carboxylic acids is 1. The summed E-state index contributed by atoms with van der Waals surface area (Å²) in [5.41, 5.74) is 11.1. The van der Waals surface area contributed by atoms with Crippen molar-refractivity contribution in [2.45, 2.75) is 72.1 Å². The SMILES string of the molecule is Cc1cc(C(C)C)ccc1-n1nc(COCC(=O)O)c2c1CCN(C(=O)OC(C)(C)C)C2CN. The van der Waals surface area contributed by atoms with Crippen LogP contribution in [-0.2, 0) is 27.3 Å². The maximum Gasteiger partial charge on any atom is 0.410 e. The molecule has 9 heteroatoms. The van der Waals surface area contributed by atoms with Crippen molar-refractivity contribution in [1.29, 1.82) is 0 Å². The fraction of sp³-hybridized carbons (Fsp3) is 0.560. The van der Waals surface area contributed by atoms with Crippen molar-refractivity contribution in [2.24, 2.45) is 5.73 Å². The highest BCUT2D eigenvalue weighted by molar-refractivity contribution is 5.70. The molecule has 0 aliphatic carbocycles. The Hall–Kier alpha value is -2.91. The fourth-order valence-electron chi connectivity index (χ4n) is 4.28. The molecule has 1 aliphatic rings. The van der Waals surface area contributed by atoms with E-state index in [1.165, 1.54) is 5.56 Å². The second kappa shape index (κ2) is 10.1. The molecule has 1 aliphatic heterocycles. The van der Waals surface area contributed by atoms with Crippen molar-refractivity contribution in [3.8, 4) is 5.69 Å². The van der Waals surface area contributed by atoms with E-state index >= 15 is 0 Å². The lowest BCUT2D eigenvalue weighted by atomic mass is 9.96. The molecular weight excluding hydrogens is 436 g/mol. The number of nitrogens with zero attached hydrogens (tertiary/aromatic N) is 3.